The fraction of sp³-hybridized carbons (Fsp3) is 0.703. The van der Waals surface area contributed by atoms with Crippen LogP contribution in [-0.4, -0.2) is 97.5 Å². The number of aliphatic hydroxyl groups is 3. The van der Waals surface area contributed by atoms with E-state index < -0.39 is 59.8 Å². The van der Waals surface area contributed by atoms with Crippen molar-refractivity contribution in [2.45, 2.75) is 141 Å². The van der Waals surface area contributed by atoms with Gasteiger partial charge in [0.15, 0.2) is 6.29 Å². The number of hydrogen-bond acceptors (Lipinski definition) is 11. The van der Waals surface area contributed by atoms with Crippen LogP contribution < -0.4 is 0 Å². The van der Waals surface area contributed by atoms with Gasteiger partial charge in [-0.05, 0) is 38.5 Å². The highest BCUT2D eigenvalue weighted by Crippen LogP contribution is 2.26. The van der Waals surface area contributed by atoms with Gasteiger partial charge in [-0.3, -0.25) is 9.35 Å². The Morgan fingerprint density at radius 3 is 1.84 bits per heavy atom. The lowest BCUT2D eigenvalue weighted by Gasteiger charge is -2.41. The van der Waals surface area contributed by atoms with Crippen molar-refractivity contribution < 1.29 is 56.2 Å². The molecule has 1 saturated heterocycles. The molecule has 13 heteroatoms. The minimum Gasteiger partial charge on any atom is -0.457 e. The Hall–Kier alpha value is -2.20. The average Bonchev–Trinajstić information content (AvgIpc) is 3.08. The zero-order valence-corrected chi connectivity index (χ0v) is 30.7. The Bertz CT molecular complexity index is 1120. The summed E-state index contributed by atoms with van der Waals surface area (Å²) in [7, 11) is -5.07. The van der Waals surface area contributed by atoms with Crippen molar-refractivity contribution in [2.75, 3.05) is 26.4 Å². The summed E-state index contributed by atoms with van der Waals surface area (Å²) >= 11 is 0. The maximum absolute atomic E-state index is 12.7. The molecule has 0 radical (unpaired) electrons. The third-order valence-corrected chi connectivity index (χ3v) is 8.15. The molecule has 0 bridgehead atoms. The largest absolute Gasteiger partial charge is 0.457 e. The molecule has 6 atom stereocenters. The van der Waals surface area contributed by atoms with Crippen molar-refractivity contribution in [1.29, 1.82) is 0 Å². The minimum atomic E-state index is -5.07. The van der Waals surface area contributed by atoms with Crippen LogP contribution in [0.1, 0.15) is 104 Å². The second kappa shape index (κ2) is 29.4. The van der Waals surface area contributed by atoms with Gasteiger partial charge in [-0.15, -0.1) is 0 Å². The van der Waals surface area contributed by atoms with Crippen LogP contribution in [0.15, 0.2) is 60.8 Å². The number of carbonyl (C=O) groups is 1. The molecule has 0 aromatic carbocycles. The first-order valence-corrected chi connectivity index (χ1v) is 19.4. The summed E-state index contributed by atoms with van der Waals surface area (Å²) in [6, 6.07) is 0. The highest BCUT2D eigenvalue weighted by atomic mass is 32.3. The number of rotatable bonds is 29. The fourth-order valence-corrected chi connectivity index (χ4v) is 5.49. The molecular weight excluding hydrogens is 668 g/mol. The lowest BCUT2D eigenvalue weighted by atomic mass is 9.99. The summed E-state index contributed by atoms with van der Waals surface area (Å²) < 4.78 is 58.4. The van der Waals surface area contributed by atoms with E-state index in [4.69, 9.17) is 23.5 Å². The number of allylic oxidation sites excluding steroid dienone is 9. The van der Waals surface area contributed by atoms with E-state index in [-0.39, 0.29) is 19.6 Å². The van der Waals surface area contributed by atoms with E-state index >= 15 is 0 Å². The third kappa shape index (κ3) is 23.3. The van der Waals surface area contributed by atoms with Gasteiger partial charge in [0, 0.05) is 6.61 Å². The molecule has 0 aromatic rings. The van der Waals surface area contributed by atoms with E-state index in [1.807, 2.05) is 12.2 Å². The van der Waals surface area contributed by atoms with E-state index in [0.29, 0.717) is 13.0 Å². The Kier molecular flexibility index (Phi) is 26.9. The maximum atomic E-state index is 12.7. The Morgan fingerprint density at radius 2 is 1.30 bits per heavy atom. The molecule has 1 heterocycles. The first-order valence-electron chi connectivity index (χ1n) is 18.0. The number of unbranched alkanes of at least 4 members (excludes halogenated alkanes) is 7. The van der Waals surface area contributed by atoms with Crippen molar-refractivity contribution in [3.63, 3.8) is 0 Å². The third-order valence-electron chi connectivity index (χ3n) is 7.69. The predicted molar refractivity (Wildman–Crippen MR) is 193 cm³/mol. The van der Waals surface area contributed by atoms with Crippen molar-refractivity contribution in [2.24, 2.45) is 0 Å². The highest BCUT2D eigenvalue weighted by Gasteiger charge is 2.48. The van der Waals surface area contributed by atoms with E-state index in [1.165, 1.54) is 32.1 Å². The molecule has 288 valence electrons. The quantitative estimate of drug-likeness (QED) is 0.0313. The molecule has 6 unspecified atom stereocenters. The SMILES string of the molecule is CC/C=C\C/C=C\C/C=C\C/C=C\C/C=C\CC(=O)OC(COCCCCCCCCCC)COC1OC(CO)C(O)C(OS(=O)(=O)O)C1O. The molecule has 4 N–H and O–H groups in total. The molecule has 0 aliphatic carbocycles. The molecule has 1 fully saturated rings. The van der Waals surface area contributed by atoms with Gasteiger partial charge in [0.25, 0.3) is 0 Å². The number of carbonyl (C=O) groups excluding carboxylic acids is 1. The van der Waals surface area contributed by atoms with Crippen LogP contribution in [0.3, 0.4) is 0 Å². The van der Waals surface area contributed by atoms with Crippen molar-refractivity contribution in [3.05, 3.63) is 60.8 Å². The van der Waals surface area contributed by atoms with E-state index in [1.54, 1.807) is 6.08 Å². The van der Waals surface area contributed by atoms with Crippen LogP contribution in [0.2, 0.25) is 0 Å². The Balaban J connectivity index is 2.61. The zero-order chi connectivity index (χ0) is 36.9. The lowest BCUT2D eigenvalue weighted by molar-refractivity contribution is -0.301. The van der Waals surface area contributed by atoms with Gasteiger partial charge in [0.05, 0.1) is 26.2 Å². The summed E-state index contributed by atoms with van der Waals surface area (Å²) in [6.07, 6.45) is 24.5. The molecule has 0 amide bonds. The summed E-state index contributed by atoms with van der Waals surface area (Å²) in [5, 5.41) is 30.4. The summed E-state index contributed by atoms with van der Waals surface area (Å²) in [5.41, 5.74) is 0. The van der Waals surface area contributed by atoms with Crippen LogP contribution in [0, 0.1) is 0 Å². The van der Waals surface area contributed by atoms with Crippen molar-refractivity contribution >= 4 is 16.4 Å². The first kappa shape index (κ1) is 45.8. The van der Waals surface area contributed by atoms with Crippen molar-refractivity contribution in [3.8, 4) is 0 Å². The van der Waals surface area contributed by atoms with Gasteiger partial charge < -0.3 is 34.3 Å². The van der Waals surface area contributed by atoms with E-state index in [2.05, 4.69) is 60.6 Å². The minimum absolute atomic E-state index is 0.00623. The number of hydrogen-bond donors (Lipinski definition) is 4. The van der Waals surface area contributed by atoms with Gasteiger partial charge >= 0.3 is 16.4 Å². The monoisotopic (exact) mass is 730 g/mol. The molecule has 50 heavy (non-hydrogen) atoms. The number of esters is 1. The van der Waals surface area contributed by atoms with Crippen LogP contribution >= 0.6 is 0 Å². The second-order valence-electron chi connectivity index (χ2n) is 12.1. The topological polar surface area (TPSA) is 178 Å². The first-order chi connectivity index (χ1) is 24.1. The van der Waals surface area contributed by atoms with E-state index in [0.717, 1.165) is 44.9 Å². The molecule has 1 aliphatic heterocycles. The van der Waals surface area contributed by atoms with Gasteiger partial charge in [-0.2, -0.15) is 8.42 Å². The highest BCUT2D eigenvalue weighted by molar-refractivity contribution is 7.80. The molecule has 1 rings (SSSR count). The van der Waals surface area contributed by atoms with Crippen molar-refractivity contribution in [1.82, 2.24) is 0 Å². The fourth-order valence-electron chi connectivity index (χ4n) is 4.98. The van der Waals surface area contributed by atoms with Gasteiger partial charge in [0.1, 0.15) is 30.5 Å². The van der Waals surface area contributed by atoms with Gasteiger partial charge in [0.2, 0.25) is 0 Å². The summed E-state index contributed by atoms with van der Waals surface area (Å²) in [6.45, 7) is 3.67. The van der Waals surface area contributed by atoms with E-state index in [9.17, 15) is 28.5 Å². The zero-order valence-electron chi connectivity index (χ0n) is 29.9. The summed E-state index contributed by atoms with van der Waals surface area (Å²) in [5.74, 6) is -0.531. The van der Waals surface area contributed by atoms with Gasteiger partial charge in [-0.25, -0.2) is 4.18 Å². The molecule has 1 aliphatic rings. The molecule has 12 nitrogen and oxygen atoms in total. The maximum Gasteiger partial charge on any atom is 0.397 e. The molecule has 0 aromatic heterocycles. The number of aliphatic hydroxyl groups excluding tert-OH is 3. The standard InChI is InChI=1S/C37H62O12S/c1-3-5-7-9-11-13-14-15-16-17-18-19-20-22-24-26-33(39)47-31(29-45-27-25-23-21-12-10-8-6-4-2)30-46-37-35(41)36(49-50(42,43)44)34(40)32(28-38)48-37/h5,7,11,13,15-16,18-19,22,24,31-32,34-38,40-41H,3-4,6,8-10,12,14,17,20-21,23,25-30H2,1-2H3,(H,42,43,44)/b7-5-,13-11-,16-15-,19-18-,24-22-. The second-order valence-corrected chi connectivity index (χ2v) is 13.2. The predicted octanol–water partition coefficient (Wildman–Crippen LogP) is 5.84. The normalized spacial score (nSPS) is 22.6. The molecular formula is C37H62O12S. The van der Waals surface area contributed by atoms with Gasteiger partial charge in [-0.1, -0.05) is 120 Å². The smallest absolute Gasteiger partial charge is 0.397 e. The van der Waals surface area contributed by atoms with Crippen LogP contribution in [0.4, 0.5) is 0 Å². The Morgan fingerprint density at radius 1 is 0.760 bits per heavy atom. The lowest BCUT2D eigenvalue weighted by Crippen LogP contribution is -2.60. The Labute approximate surface area is 299 Å². The molecule has 0 spiro atoms. The van der Waals surface area contributed by atoms with Crippen LogP contribution in [-0.2, 0) is 38.3 Å². The summed E-state index contributed by atoms with van der Waals surface area (Å²) in [4.78, 5) is 12.7. The van der Waals surface area contributed by atoms with Crippen LogP contribution in [0.5, 0.6) is 0 Å². The number of ether oxygens (including phenoxy) is 4. The van der Waals surface area contributed by atoms with Crippen LogP contribution in [0.25, 0.3) is 0 Å². The molecule has 0 saturated carbocycles. The average molecular weight is 731 g/mol.